The van der Waals surface area contributed by atoms with Crippen LogP contribution in [0.2, 0.25) is 0 Å². The molecular formula is C18H28BrN7O3S2. The average molecular weight is 535 g/mol. The first-order valence-corrected chi connectivity index (χ1v) is 12.6. The van der Waals surface area contributed by atoms with Gasteiger partial charge in [-0.25, -0.2) is 23.1 Å². The summed E-state index contributed by atoms with van der Waals surface area (Å²) in [5, 5.41) is 13.0. The number of nitrogens with one attached hydrogen (secondary N) is 4. The van der Waals surface area contributed by atoms with Crippen LogP contribution in [0, 0.1) is 0 Å². The Morgan fingerprint density at radius 2 is 2.16 bits per heavy atom. The quantitative estimate of drug-likeness (QED) is 0.307. The molecule has 0 radical (unpaired) electrons. The van der Waals surface area contributed by atoms with Crippen LogP contribution in [0.25, 0.3) is 10.7 Å². The Labute approximate surface area is 197 Å². The number of thiophene rings is 1. The second kappa shape index (κ2) is 9.02. The van der Waals surface area contributed by atoms with E-state index in [1.165, 1.54) is 25.8 Å². The molecule has 1 aliphatic carbocycles. The summed E-state index contributed by atoms with van der Waals surface area (Å²) < 4.78 is 28.2. The first-order valence-electron chi connectivity index (χ1n) is 9.51. The van der Waals surface area contributed by atoms with E-state index in [0.717, 1.165) is 17.0 Å². The predicted octanol–water partition coefficient (Wildman–Crippen LogP) is 3.71. The number of nitrogens with zero attached hydrogens (tertiary/aromatic N) is 3. The number of aromatic amines is 1. The number of carbonyl (C=O) groups is 1. The molecule has 0 bridgehead atoms. The zero-order chi connectivity index (χ0) is 22.0. The van der Waals surface area contributed by atoms with Crippen LogP contribution in [0.15, 0.2) is 33.1 Å². The molecule has 1 aliphatic rings. The lowest BCUT2D eigenvalue weighted by Crippen LogP contribution is -2.33. The highest BCUT2D eigenvalue weighted by Crippen LogP contribution is 2.40. The van der Waals surface area contributed by atoms with Crippen molar-refractivity contribution < 1.29 is 18.9 Å². The van der Waals surface area contributed by atoms with Crippen molar-refractivity contribution in [1.82, 2.24) is 30.2 Å². The summed E-state index contributed by atoms with van der Waals surface area (Å²) in [6.07, 6.45) is 3.96. The Balaban J connectivity index is 0.00000289. The first-order chi connectivity index (χ1) is 14.8. The van der Waals surface area contributed by atoms with Gasteiger partial charge in [0.2, 0.25) is 15.9 Å². The molecular weight excluding hydrogens is 506 g/mol. The minimum Gasteiger partial charge on any atom is -0.355 e. The van der Waals surface area contributed by atoms with E-state index in [2.05, 4.69) is 51.5 Å². The van der Waals surface area contributed by atoms with Gasteiger partial charge in [-0.15, -0.1) is 11.3 Å². The van der Waals surface area contributed by atoms with Crippen molar-refractivity contribution >= 4 is 54.8 Å². The molecule has 3 aromatic rings. The number of hydrogen-bond acceptors (Lipinski definition) is 8. The Morgan fingerprint density at radius 3 is 2.90 bits per heavy atom. The summed E-state index contributed by atoms with van der Waals surface area (Å²) in [4.78, 5) is 20.3. The van der Waals surface area contributed by atoms with E-state index in [1.807, 2.05) is 6.07 Å². The third-order valence-electron chi connectivity index (χ3n) is 4.46. The summed E-state index contributed by atoms with van der Waals surface area (Å²) in [5.41, 5.74) is 1.10. The predicted molar refractivity (Wildman–Crippen MR) is 129 cm³/mol. The fraction of sp³-hybridized carbons (Fsp3) is 0.333. The fourth-order valence-corrected chi connectivity index (χ4v) is 5.39. The van der Waals surface area contributed by atoms with Gasteiger partial charge >= 0.3 is 0 Å². The standard InChI is InChI=1S/C18H20BrN7O3S2.4H2/c1-10(27)20-6-7-22-31(28,29)16-5-4-14(30-16)18-21-9-12(19)17(24-18)23-15-8-13(25-26-15)11-2-3-11;;;;/h4-5,8-9,11,22H,2-3,6-7H2,1H3,(H,20,27)(H2,21,23,24,25,26);4*1H. The normalized spacial score (nSPS) is 13.9. The minimum absolute atomic E-state index is 0. The topological polar surface area (TPSA) is 142 Å². The maximum Gasteiger partial charge on any atom is 0.250 e. The number of amides is 1. The zero-order valence-electron chi connectivity index (χ0n) is 16.5. The van der Waals surface area contributed by atoms with Crippen molar-refractivity contribution in [2.45, 2.75) is 29.9 Å². The molecule has 0 aliphatic heterocycles. The fourth-order valence-electron chi connectivity index (χ4n) is 2.78. The second-order valence-corrected chi connectivity index (χ2v) is 10.9. The molecule has 13 heteroatoms. The van der Waals surface area contributed by atoms with Gasteiger partial charge in [0.25, 0.3) is 0 Å². The van der Waals surface area contributed by atoms with Gasteiger partial charge in [0.05, 0.1) is 9.35 Å². The van der Waals surface area contributed by atoms with Crippen molar-refractivity contribution in [3.8, 4) is 10.7 Å². The van der Waals surface area contributed by atoms with Crippen LogP contribution in [-0.2, 0) is 14.8 Å². The third kappa shape index (κ3) is 5.47. The van der Waals surface area contributed by atoms with Gasteiger partial charge in [0.15, 0.2) is 11.6 Å². The largest absolute Gasteiger partial charge is 0.355 e. The van der Waals surface area contributed by atoms with E-state index in [0.29, 0.717) is 32.7 Å². The Bertz CT molecular complexity index is 1220. The number of rotatable bonds is 9. The van der Waals surface area contributed by atoms with Crippen LogP contribution in [-0.4, -0.2) is 47.6 Å². The molecule has 4 rings (SSSR count). The zero-order valence-corrected chi connectivity index (χ0v) is 19.7. The smallest absolute Gasteiger partial charge is 0.250 e. The molecule has 31 heavy (non-hydrogen) atoms. The first kappa shape index (κ1) is 21.9. The number of carbonyl (C=O) groups excluding carboxylic acids is 1. The summed E-state index contributed by atoms with van der Waals surface area (Å²) in [6, 6.07) is 5.14. The van der Waals surface area contributed by atoms with Gasteiger partial charge in [0, 0.05) is 49.6 Å². The molecule has 172 valence electrons. The summed E-state index contributed by atoms with van der Waals surface area (Å²) >= 11 is 4.50. The van der Waals surface area contributed by atoms with E-state index >= 15 is 0 Å². The van der Waals surface area contributed by atoms with Crippen LogP contribution < -0.4 is 15.4 Å². The molecule has 10 nitrogen and oxygen atoms in total. The second-order valence-electron chi connectivity index (χ2n) is 7.00. The summed E-state index contributed by atoms with van der Waals surface area (Å²) in [5.74, 6) is 1.93. The number of halogens is 1. The molecule has 0 atom stereocenters. The van der Waals surface area contributed by atoms with Crippen LogP contribution in [0.3, 0.4) is 0 Å². The number of aromatic nitrogens is 4. The highest BCUT2D eigenvalue weighted by atomic mass is 79.9. The number of sulfonamides is 1. The highest BCUT2D eigenvalue weighted by molar-refractivity contribution is 9.10. The van der Waals surface area contributed by atoms with E-state index in [1.54, 1.807) is 12.3 Å². The molecule has 1 fully saturated rings. The number of hydrogen-bond donors (Lipinski definition) is 4. The minimum atomic E-state index is -3.69. The SMILES string of the molecule is CC(=O)NCCNS(=O)(=O)c1ccc(-c2ncc(Br)c(Nc3cc(C4CC4)[nH]n3)n2)s1.[HH].[HH].[HH].[HH]. The average Bonchev–Trinajstić information content (AvgIpc) is 3.25. The lowest BCUT2D eigenvalue weighted by atomic mass is 10.3. The Hall–Kier alpha value is -2.35. The third-order valence-corrected chi connectivity index (χ3v) is 8.08. The highest BCUT2D eigenvalue weighted by Gasteiger charge is 2.25. The van der Waals surface area contributed by atoms with E-state index in [9.17, 15) is 13.2 Å². The van der Waals surface area contributed by atoms with Crippen molar-refractivity contribution in [3.63, 3.8) is 0 Å². The van der Waals surface area contributed by atoms with Crippen LogP contribution in [0.5, 0.6) is 0 Å². The Morgan fingerprint density at radius 1 is 1.35 bits per heavy atom. The monoisotopic (exact) mass is 533 g/mol. The van der Waals surface area contributed by atoms with Gasteiger partial charge in [0.1, 0.15) is 10.0 Å². The maximum absolute atomic E-state index is 12.5. The molecule has 0 spiro atoms. The molecule has 4 N–H and O–H groups in total. The molecule has 1 amide bonds. The summed E-state index contributed by atoms with van der Waals surface area (Å²) in [7, 11) is -3.69. The van der Waals surface area contributed by atoms with Gasteiger partial charge in [-0.1, -0.05) is 0 Å². The molecule has 0 saturated heterocycles. The van der Waals surface area contributed by atoms with Gasteiger partial charge in [-0.2, -0.15) is 5.10 Å². The maximum atomic E-state index is 12.5. The molecule has 1 saturated carbocycles. The van der Waals surface area contributed by atoms with Gasteiger partial charge < -0.3 is 10.6 Å². The Kier molecular flexibility index (Phi) is 6.36. The van der Waals surface area contributed by atoms with Crippen LogP contribution in [0.1, 0.15) is 37.1 Å². The molecule has 3 aromatic heterocycles. The number of H-pyrrole nitrogens is 1. The number of anilines is 2. The van der Waals surface area contributed by atoms with Gasteiger partial charge in [-0.05, 0) is 40.9 Å². The van der Waals surface area contributed by atoms with Crippen molar-refractivity contribution in [3.05, 3.63) is 34.6 Å². The van der Waals surface area contributed by atoms with E-state index in [4.69, 9.17) is 0 Å². The van der Waals surface area contributed by atoms with E-state index < -0.39 is 10.0 Å². The van der Waals surface area contributed by atoms with Crippen molar-refractivity contribution in [2.75, 3.05) is 18.4 Å². The molecule has 3 heterocycles. The lowest BCUT2D eigenvalue weighted by Gasteiger charge is -2.06. The lowest BCUT2D eigenvalue weighted by molar-refractivity contribution is -0.118. The van der Waals surface area contributed by atoms with Gasteiger partial charge in [-0.3, -0.25) is 9.89 Å². The van der Waals surface area contributed by atoms with E-state index in [-0.39, 0.29) is 28.9 Å². The molecule has 0 unspecified atom stereocenters. The van der Waals surface area contributed by atoms with Crippen molar-refractivity contribution in [1.29, 1.82) is 0 Å². The molecule has 0 aromatic carbocycles. The summed E-state index contributed by atoms with van der Waals surface area (Å²) in [6.45, 7) is 1.69. The van der Waals surface area contributed by atoms with Crippen LogP contribution >= 0.6 is 27.3 Å². The van der Waals surface area contributed by atoms with Crippen molar-refractivity contribution in [2.24, 2.45) is 0 Å². The van der Waals surface area contributed by atoms with Crippen LogP contribution in [0.4, 0.5) is 11.6 Å².